The van der Waals surface area contributed by atoms with Crippen LogP contribution in [0.2, 0.25) is 0 Å². The standard InChI is InChI=1S/C26H31N5O3S/c1-5-15-31-23(16-24(32)27-21-11-13-22(14-12-21)34-6-2)29-30-26(31)35-17-25(33)28-20-9-7-19(8-10-20)18(3)4/h5,7-14,18H,1,6,15-17H2,2-4H3,(H,27,32)(H,28,33). The zero-order chi connectivity index (χ0) is 25.2. The zero-order valence-electron chi connectivity index (χ0n) is 20.3. The molecule has 8 nitrogen and oxygen atoms in total. The first-order valence-electron chi connectivity index (χ1n) is 11.5. The summed E-state index contributed by atoms with van der Waals surface area (Å²) in [4.78, 5) is 25.0. The van der Waals surface area contributed by atoms with Crippen molar-refractivity contribution in [2.24, 2.45) is 0 Å². The van der Waals surface area contributed by atoms with Crippen LogP contribution in [0.1, 0.15) is 38.1 Å². The lowest BCUT2D eigenvalue weighted by molar-refractivity contribution is -0.116. The molecule has 0 spiro atoms. The van der Waals surface area contributed by atoms with E-state index in [1.807, 2.05) is 31.2 Å². The molecule has 3 aromatic rings. The smallest absolute Gasteiger partial charge is 0.234 e. The minimum absolute atomic E-state index is 0.0447. The van der Waals surface area contributed by atoms with E-state index >= 15 is 0 Å². The summed E-state index contributed by atoms with van der Waals surface area (Å²) < 4.78 is 7.21. The first-order chi connectivity index (χ1) is 16.9. The predicted molar refractivity (Wildman–Crippen MR) is 140 cm³/mol. The summed E-state index contributed by atoms with van der Waals surface area (Å²) in [5, 5.41) is 14.7. The van der Waals surface area contributed by atoms with Gasteiger partial charge in [0.25, 0.3) is 0 Å². The van der Waals surface area contributed by atoms with Crippen molar-refractivity contribution < 1.29 is 14.3 Å². The summed E-state index contributed by atoms with van der Waals surface area (Å²) in [6, 6.07) is 15.0. The molecule has 0 aliphatic rings. The first-order valence-corrected chi connectivity index (χ1v) is 12.5. The molecule has 9 heteroatoms. The van der Waals surface area contributed by atoms with Crippen molar-refractivity contribution in [2.75, 3.05) is 23.0 Å². The number of carbonyl (C=O) groups is 2. The fourth-order valence-electron chi connectivity index (χ4n) is 3.30. The number of amides is 2. The number of allylic oxidation sites excluding steroid dienone is 1. The van der Waals surface area contributed by atoms with Crippen LogP contribution in [0.5, 0.6) is 5.75 Å². The van der Waals surface area contributed by atoms with Gasteiger partial charge < -0.3 is 19.9 Å². The van der Waals surface area contributed by atoms with E-state index in [9.17, 15) is 9.59 Å². The second kappa shape index (κ2) is 12.8. The monoisotopic (exact) mass is 493 g/mol. The number of anilines is 2. The number of benzene rings is 2. The topological polar surface area (TPSA) is 98.1 Å². The molecular formula is C26H31N5O3S. The number of ether oxygens (including phenoxy) is 1. The molecule has 0 atom stereocenters. The van der Waals surface area contributed by atoms with Gasteiger partial charge in [0.05, 0.1) is 18.8 Å². The highest BCUT2D eigenvalue weighted by Crippen LogP contribution is 2.21. The maximum Gasteiger partial charge on any atom is 0.234 e. The second-order valence-corrected chi connectivity index (χ2v) is 9.04. The highest BCUT2D eigenvalue weighted by Gasteiger charge is 2.16. The Hall–Kier alpha value is -3.59. The van der Waals surface area contributed by atoms with E-state index in [-0.39, 0.29) is 24.0 Å². The fourth-order valence-corrected chi connectivity index (χ4v) is 4.06. The Balaban J connectivity index is 1.57. The maximum absolute atomic E-state index is 12.6. The SMILES string of the molecule is C=CCn1c(CC(=O)Nc2ccc(OCC)cc2)nnc1SCC(=O)Nc1ccc(C(C)C)cc1. The Labute approximate surface area is 210 Å². The van der Waals surface area contributed by atoms with E-state index in [4.69, 9.17) is 4.74 Å². The molecule has 0 fully saturated rings. The lowest BCUT2D eigenvalue weighted by atomic mass is 10.0. The Morgan fingerprint density at radius 1 is 1.03 bits per heavy atom. The summed E-state index contributed by atoms with van der Waals surface area (Å²) in [5.41, 5.74) is 2.63. The molecule has 2 aromatic carbocycles. The molecule has 2 amide bonds. The van der Waals surface area contributed by atoms with Gasteiger partial charge >= 0.3 is 0 Å². The summed E-state index contributed by atoms with van der Waals surface area (Å²) in [6.45, 7) is 11.0. The molecule has 0 bridgehead atoms. The number of carbonyl (C=O) groups excluding carboxylic acids is 2. The number of hydrogen-bond donors (Lipinski definition) is 2. The van der Waals surface area contributed by atoms with Crippen LogP contribution in [0.4, 0.5) is 11.4 Å². The van der Waals surface area contributed by atoms with Gasteiger partial charge in [0.2, 0.25) is 11.8 Å². The minimum Gasteiger partial charge on any atom is -0.494 e. The van der Waals surface area contributed by atoms with Gasteiger partial charge in [0, 0.05) is 17.9 Å². The quantitative estimate of drug-likeness (QED) is 0.275. The lowest BCUT2D eigenvalue weighted by Gasteiger charge is -2.10. The van der Waals surface area contributed by atoms with Gasteiger partial charge in [-0.2, -0.15) is 0 Å². The van der Waals surface area contributed by atoms with Crippen LogP contribution in [0.3, 0.4) is 0 Å². The maximum atomic E-state index is 12.6. The van der Waals surface area contributed by atoms with Crippen molar-refractivity contribution in [1.82, 2.24) is 14.8 Å². The van der Waals surface area contributed by atoms with Crippen LogP contribution in [-0.4, -0.2) is 38.9 Å². The van der Waals surface area contributed by atoms with Crippen LogP contribution < -0.4 is 15.4 Å². The van der Waals surface area contributed by atoms with Gasteiger partial charge in [0.1, 0.15) is 11.6 Å². The molecule has 1 aromatic heterocycles. The molecule has 184 valence electrons. The number of nitrogens with one attached hydrogen (secondary N) is 2. The van der Waals surface area contributed by atoms with Crippen LogP contribution in [0.25, 0.3) is 0 Å². The largest absolute Gasteiger partial charge is 0.494 e. The molecule has 0 aliphatic carbocycles. The lowest BCUT2D eigenvalue weighted by Crippen LogP contribution is -2.18. The first kappa shape index (κ1) is 26.0. The molecule has 0 saturated carbocycles. The summed E-state index contributed by atoms with van der Waals surface area (Å²) in [5.74, 6) is 1.49. The van der Waals surface area contributed by atoms with E-state index in [0.717, 1.165) is 11.4 Å². The third-order valence-electron chi connectivity index (χ3n) is 5.07. The van der Waals surface area contributed by atoms with Gasteiger partial charge in [-0.1, -0.05) is 43.8 Å². The molecule has 0 radical (unpaired) electrons. The Morgan fingerprint density at radius 2 is 1.66 bits per heavy atom. The molecule has 0 aliphatic heterocycles. The van der Waals surface area contributed by atoms with E-state index in [2.05, 4.69) is 41.3 Å². The van der Waals surface area contributed by atoms with Crippen molar-refractivity contribution in [3.8, 4) is 5.75 Å². The molecule has 3 rings (SSSR count). The Morgan fingerprint density at radius 3 is 2.26 bits per heavy atom. The van der Waals surface area contributed by atoms with E-state index in [0.29, 0.717) is 35.7 Å². The summed E-state index contributed by atoms with van der Waals surface area (Å²) >= 11 is 1.26. The number of hydrogen-bond acceptors (Lipinski definition) is 6. The van der Waals surface area contributed by atoms with Crippen LogP contribution in [0.15, 0.2) is 66.3 Å². The Bertz CT molecular complexity index is 1140. The number of nitrogens with zero attached hydrogens (tertiary/aromatic N) is 3. The van der Waals surface area contributed by atoms with Gasteiger partial charge in [-0.15, -0.1) is 16.8 Å². The third kappa shape index (κ3) is 7.71. The highest BCUT2D eigenvalue weighted by molar-refractivity contribution is 7.99. The minimum atomic E-state index is -0.217. The van der Waals surface area contributed by atoms with Gasteiger partial charge in [-0.3, -0.25) is 9.59 Å². The van der Waals surface area contributed by atoms with Crippen molar-refractivity contribution in [1.29, 1.82) is 0 Å². The van der Waals surface area contributed by atoms with Gasteiger partial charge in [0.15, 0.2) is 5.16 Å². The van der Waals surface area contributed by atoms with Crippen LogP contribution >= 0.6 is 11.8 Å². The van der Waals surface area contributed by atoms with Crippen LogP contribution in [-0.2, 0) is 22.6 Å². The molecular weight excluding hydrogens is 462 g/mol. The predicted octanol–water partition coefficient (Wildman–Crippen LogP) is 4.90. The number of thioether (sulfide) groups is 1. The van der Waals surface area contributed by atoms with E-state index in [1.54, 1.807) is 34.9 Å². The highest BCUT2D eigenvalue weighted by atomic mass is 32.2. The third-order valence-corrected chi connectivity index (χ3v) is 6.03. The van der Waals surface area contributed by atoms with E-state index < -0.39 is 0 Å². The van der Waals surface area contributed by atoms with Crippen molar-refractivity contribution in [2.45, 2.75) is 44.8 Å². The summed E-state index contributed by atoms with van der Waals surface area (Å²) in [6.07, 6.45) is 1.75. The molecule has 0 saturated heterocycles. The second-order valence-electron chi connectivity index (χ2n) is 8.09. The molecule has 0 unspecified atom stereocenters. The van der Waals surface area contributed by atoms with Crippen molar-refractivity contribution in [3.63, 3.8) is 0 Å². The van der Waals surface area contributed by atoms with E-state index in [1.165, 1.54) is 17.3 Å². The van der Waals surface area contributed by atoms with Crippen molar-refractivity contribution in [3.05, 3.63) is 72.6 Å². The van der Waals surface area contributed by atoms with Gasteiger partial charge in [-0.05, 0) is 54.8 Å². The van der Waals surface area contributed by atoms with Crippen LogP contribution in [0, 0.1) is 0 Å². The normalized spacial score (nSPS) is 10.7. The number of aromatic nitrogens is 3. The van der Waals surface area contributed by atoms with Crippen molar-refractivity contribution >= 4 is 35.0 Å². The van der Waals surface area contributed by atoms with Gasteiger partial charge in [-0.25, -0.2) is 0 Å². The molecule has 2 N–H and O–H groups in total. The average Bonchev–Trinajstić information content (AvgIpc) is 3.20. The zero-order valence-corrected chi connectivity index (χ0v) is 21.1. The average molecular weight is 494 g/mol. The molecule has 1 heterocycles. The number of rotatable bonds is 12. The Kier molecular flexibility index (Phi) is 9.48. The molecule has 35 heavy (non-hydrogen) atoms. The summed E-state index contributed by atoms with van der Waals surface area (Å²) in [7, 11) is 0. The fraction of sp³-hybridized carbons (Fsp3) is 0.308.